The lowest BCUT2D eigenvalue weighted by Crippen LogP contribution is -2.30. The van der Waals surface area contributed by atoms with Gasteiger partial charge in [-0.15, -0.1) is 0 Å². The summed E-state index contributed by atoms with van der Waals surface area (Å²) in [7, 11) is -3.46. The molecule has 0 heterocycles. The highest BCUT2D eigenvalue weighted by Gasteiger charge is 2.23. The molecule has 2 rings (SSSR count). The summed E-state index contributed by atoms with van der Waals surface area (Å²) in [6, 6.07) is 6.33. The number of benzene rings is 1. The topological polar surface area (TPSA) is 84.5 Å². The smallest absolute Gasteiger partial charge is 0.258 e. The van der Waals surface area contributed by atoms with Gasteiger partial charge >= 0.3 is 0 Å². The van der Waals surface area contributed by atoms with Crippen molar-refractivity contribution in [2.75, 3.05) is 13.2 Å². The quantitative estimate of drug-likeness (QED) is 0.751. The van der Waals surface area contributed by atoms with Crippen molar-refractivity contribution < 1.29 is 17.9 Å². The molecule has 1 aromatic rings. The largest absolute Gasteiger partial charge is 0.484 e. The summed E-state index contributed by atoms with van der Waals surface area (Å²) in [5.41, 5.74) is 0. The van der Waals surface area contributed by atoms with Crippen LogP contribution in [0.4, 0.5) is 0 Å². The van der Waals surface area contributed by atoms with Gasteiger partial charge in [0.15, 0.2) is 6.61 Å². The second-order valence-corrected chi connectivity index (χ2v) is 6.77. The van der Waals surface area contributed by atoms with Crippen molar-refractivity contribution in [1.82, 2.24) is 10.0 Å². The number of hydrogen-bond donors (Lipinski definition) is 2. The maximum absolute atomic E-state index is 11.9. The van der Waals surface area contributed by atoms with E-state index >= 15 is 0 Å². The first-order chi connectivity index (χ1) is 10.0. The first-order valence-electron chi connectivity index (χ1n) is 7.03. The molecule has 21 heavy (non-hydrogen) atoms. The van der Waals surface area contributed by atoms with E-state index < -0.39 is 10.0 Å². The Balaban J connectivity index is 1.87. The number of carbonyl (C=O) groups is 1. The van der Waals surface area contributed by atoms with Crippen LogP contribution in [0.15, 0.2) is 29.2 Å². The third-order valence-electron chi connectivity index (χ3n) is 2.99. The number of sulfonamides is 1. The van der Waals surface area contributed by atoms with Gasteiger partial charge in [-0.1, -0.05) is 6.92 Å². The first-order valence-corrected chi connectivity index (χ1v) is 8.51. The van der Waals surface area contributed by atoms with Gasteiger partial charge in [-0.05, 0) is 43.5 Å². The first kappa shape index (κ1) is 15.8. The fourth-order valence-corrected chi connectivity index (χ4v) is 2.81. The van der Waals surface area contributed by atoms with Crippen LogP contribution >= 0.6 is 0 Å². The van der Waals surface area contributed by atoms with E-state index in [1.165, 1.54) is 12.1 Å². The highest BCUT2D eigenvalue weighted by molar-refractivity contribution is 7.89. The molecule has 7 heteroatoms. The van der Waals surface area contributed by atoms with Crippen molar-refractivity contribution in [2.24, 2.45) is 0 Å². The maximum Gasteiger partial charge on any atom is 0.258 e. The summed E-state index contributed by atoms with van der Waals surface area (Å²) < 4.78 is 31.6. The molecule has 1 amide bonds. The van der Waals surface area contributed by atoms with Crippen LogP contribution in [0.5, 0.6) is 5.75 Å². The van der Waals surface area contributed by atoms with E-state index in [9.17, 15) is 13.2 Å². The zero-order valence-corrected chi connectivity index (χ0v) is 12.8. The van der Waals surface area contributed by atoms with E-state index in [1.807, 2.05) is 6.92 Å². The van der Waals surface area contributed by atoms with Crippen LogP contribution in [0.3, 0.4) is 0 Å². The Morgan fingerprint density at radius 3 is 2.52 bits per heavy atom. The summed E-state index contributed by atoms with van der Waals surface area (Å²) in [5, 5.41) is 2.81. The molecular formula is C14H20N2O4S. The molecule has 6 nitrogen and oxygen atoms in total. The Morgan fingerprint density at radius 2 is 1.95 bits per heavy atom. The van der Waals surface area contributed by atoms with Gasteiger partial charge in [0.25, 0.3) is 5.91 Å². The molecule has 0 spiro atoms. The lowest BCUT2D eigenvalue weighted by molar-refractivity contribution is -0.123. The van der Waals surface area contributed by atoms with Crippen LogP contribution in [-0.2, 0) is 14.8 Å². The molecule has 0 bridgehead atoms. The Hall–Kier alpha value is -1.60. The molecule has 0 aromatic heterocycles. The number of nitrogens with one attached hydrogen (secondary N) is 2. The van der Waals surface area contributed by atoms with Crippen molar-refractivity contribution in [2.45, 2.75) is 37.1 Å². The second kappa shape index (κ2) is 6.91. The van der Waals surface area contributed by atoms with Crippen molar-refractivity contribution in [1.29, 1.82) is 0 Å². The minimum Gasteiger partial charge on any atom is -0.484 e. The van der Waals surface area contributed by atoms with Gasteiger partial charge in [0, 0.05) is 12.6 Å². The Labute approximate surface area is 124 Å². The van der Waals surface area contributed by atoms with Crippen LogP contribution in [-0.4, -0.2) is 33.5 Å². The molecule has 1 fully saturated rings. The summed E-state index contributed by atoms with van der Waals surface area (Å²) in [6.45, 7) is 2.24. The molecule has 2 N–H and O–H groups in total. The van der Waals surface area contributed by atoms with Gasteiger partial charge in [0.2, 0.25) is 10.0 Å². The summed E-state index contributed by atoms with van der Waals surface area (Å²) >= 11 is 0. The molecular weight excluding hydrogens is 292 g/mol. The molecule has 0 aliphatic heterocycles. The third-order valence-corrected chi connectivity index (χ3v) is 4.47. The van der Waals surface area contributed by atoms with E-state index in [4.69, 9.17) is 4.74 Å². The standard InChI is InChI=1S/C14H20N2O4S/c1-2-9-15-21(18,19)13-7-5-12(6-8-13)20-10-14(17)16-11-3-4-11/h5-8,11,15H,2-4,9-10H2,1H3,(H,16,17). The monoisotopic (exact) mass is 312 g/mol. The Kier molecular flexibility index (Phi) is 5.19. The Morgan fingerprint density at radius 1 is 1.29 bits per heavy atom. The second-order valence-electron chi connectivity index (χ2n) is 5.00. The molecule has 1 aliphatic rings. The Bertz CT molecular complexity index is 579. The SMILES string of the molecule is CCCNS(=O)(=O)c1ccc(OCC(=O)NC2CC2)cc1. The van der Waals surface area contributed by atoms with Gasteiger partial charge in [-0.25, -0.2) is 13.1 Å². The number of carbonyl (C=O) groups excluding carboxylic acids is 1. The highest BCUT2D eigenvalue weighted by Crippen LogP contribution is 2.19. The number of hydrogen-bond acceptors (Lipinski definition) is 4. The van der Waals surface area contributed by atoms with Gasteiger partial charge in [-0.3, -0.25) is 4.79 Å². The average Bonchev–Trinajstić information content (AvgIpc) is 3.27. The minimum atomic E-state index is -3.46. The van der Waals surface area contributed by atoms with Gasteiger partial charge in [0.1, 0.15) is 5.75 Å². The van der Waals surface area contributed by atoms with Crippen LogP contribution in [0.25, 0.3) is 0 Å². The molecule has 0 unspecified atom stereocenters. The van der Waals surface area contributed by atoms with Crippen molar-refractivity contribution >= 4 is 15.9 Å². The molecule has 0 saturated heterocycles. The summed E-state index contributed by atoms with van der Waals surface area (Å²) in [4.78, 5) is 11.7. The van der Waals surface area contributed by atoms with Gasteiger partial charge in [0.05, 0.1) is 4.90 Å². The highest BCUT2D eigenvalue weighted by atomic mass is 32.2. The van der Waals surface area contributed by atoms with Crippen LogP contribution in [0.2, 0.25) is 0 Å². The number of amides is 1. The average molecular weight is 312 g/mol. The zero-order valence-electron chi connectivity index (χ0n) is 12.0. The van der Waals surface area contributed by atoms with Crippen molar-refractivity contribution in [3.05, 3.63) is 24.3 Å². The van der Waals surface area contributed by atoms with E-state index in [2.05, 4.69) is 10.0 Å². The number of rotatable bonds is 8. The fraction of sp³-hybridized carbons (Fsp3) is 0.500. The summed E-state index contributed by atoms with van der Waals surface area (Å²) in [5.74, 6) is 0.314. The zero-order chi connectivity index (χ0) is 15.3. The predicted octanol–water partition coefficient (Wildman–Crippen LogP) is 1.03. The normalized spacial score (nSPS) is 14.7. The van der Waals surface area contributed by atoms with Gasteiger partial charge < -0.3 is 10.1 Å². The van der Waals surface area contributed by atoms with E-state index in [0.29, 0.717) is 18.3 Å². The van der Waals surface area contributed by atoms with Crippen molar-refractivity contribution in [3.8, 4) is 5.75 Å². The minimum absolute atomic E-state index is 0.0588. The van der Waals surface area contributed by atoms with E-state index in [-0.39, 0.29) is 17.4 Å². The lowest BCUT2D eigenvalue weighted by Gasteiger charge is -2.08. The van der Waals surface area contributed by atoms with Crippen molar-refractivity contribution in [3.63, 3.8) is 0 Å². The third kappa shape index (κ3) is 5.02. The van der Waals surface area contributed by atoms with E-state index in [0.717, 1.165) is 19.3 Å². The predicted molar refractivity (Wildman–Crippen MR) is 78.6 cm³/mol. The van der Waals surface area contributed by atoms with Crippen LogP contribution < -0.4 is 14.8 Å². The lowest BCUT2D eigenvalue weighted by atomic mass is 10.3. The van der Waals surface area contributed by atoms with Gasteiger partial charge in [-0.2, -0.15) is 0 Å². The molecule has 1 aromatic carbocycles. The molecule has 1 saturated carbocycles. The molecule has 0 radical (unpaired) electrons. The number of ether oxygens (including phenoxy) is 1. The maximum atomic E-state index is 11.9. The molecule has 116 valence electrons. The fourth-order valence-electron chi connectivity index (χ4n) is 1.68. The van der Waals surface area contributed by atoms with E-state index in [1.54, 1.807) is 12.1 Å². The van der Waals surface area contributed by atoms with Crippen LogP contribution in [0.1, 0.15) is 26.2 Å². The summed E-state index contributed by atoms with van der Waals surface area (Å²) in [6.07, 6.45) is 2.79. The van der Waals surface area contributed by atoms with Crippen LogP contribution in [0, 0.1) is 0 Å². The molecule has 0 atom stereocenters. The molecule has 1 aliphatic carbocycles.